The van der Waals surface area contributed by atoms with Gasteiger partial charge in [-0.3, -0.25) is 4.79 Å². The summed E-state index contributed by atoms with van der Waals surface area (Å²) in [5.41, 5.74) is 0.884. The van der Waals surface area contributed by atoms with Crippen LogP contribution in [0.2, 0.25) is 0 Å². The number of hydrogen-bond donors (Lipinski definition) is 2. The maximum Gasteiger partial charge on any atom is 0.223 e. The van der Waals surface area contributed by atoms with E-state index in [1.54, 1.807) is 12.5 Å². The number of imidazole rings is 1. The molecule has 1 heterocycles. The van der Waals surface area contributed by atoms with Crippen molar-refractivity contribution in [3.63, 3.8) is 0 Å². The smallest absolute Gasteiger partial charge is 0.223 e. The third kappa shape index (κ3) is 2.37. The van der Waals surface area contributed by atoms with Gasteiger partial charge in [-0.1, -0.05) is 13.3 Å². The summed E-state index contributed by atoms with van der Waals surface area (Å²) in [6.07, 6.45) is 6.74. The monoisotopic (exact) mass is 207 g/mol. The fourth-order valence-corrected chi connectivity index (χ4v) is 1.99. The minimum atomic E-state index is 0.183. The van der Waals surface area contributed by atoms with Crippen molar-refractivity contribution in [3.05, 3.63) is 18.2 Å². The molecule has 1 fully saturated rings. The van der Waals surface area contributed by atoms with E-state index in [9.17, 15) is 4.79 Å². The normalized spacial score (nSPS) is 24.6. The Bertz CT molecular complexity index is 315. The average Bonchev–Trinajstić information content (AvgIpc) is 2.65. The Morgan fingerprint density at radius 3 is 3.07 bits per heavy atom. The van der Waals surface area contributed by atoms with Crippen LogP contribution in [0.15, 0.2) is 12.5 Å². The Hall–Kier alpha value is -1.32. The topological polar surface area (TPSA) is 57.8 Å². The molecule has 1 aliphatic rings. The van der Waals surface area contributed by atoms with Gasteiger partial charge in [0.15, 0.2) is 0 Å². The number of aromatic amines is 1. The number of nitrogens with one attached hydrogen (secondary N) is 2. The van der Waals surface area contributed by atoms with Gasteiger partial charge in [-0.05, 0) is 18.8 Å². The van der Waals surface area contributed by atoms with E-state index in [0.717, 1.165) is 24.5 Å². The van der Waals surface area contributed by atoms with E-state index in [2.05, 4.69) is 22.2 Å². The number of hydrogen-bond acceptors (Lipinski definition) is 2. The Balaban J connectivity index is 1.70. The largest absolute Gasteiger partial charge is 0.351 e. The molecule has 0 saturated heterocycles. The van der Waals surface area contributed by atoms with E-state index in [1.807, 2.05) is 0 Å². The SMILES string of the molecule is CCC1CC(C(=O)NCc2c[nH]cn2)C1. The third-order valence-electron chi connectivity index (χ3n) is 3.18. The van der Waals surface area contributed by atoms with Crippen LogP contribution in [-0.2, 0) is 11.3 Å². The Morgan fingerprint density at radius 1 is 1.67 bits per heavy atom. The van der Waals surface area contributed by atoms with Crippen LogP contribution in [-0.4, -0.2) is 15.9 Å². The van der Waals surface area contributed by atoms with Crippen molar-refractivity contribution in [2.24, 2.45) is 11.8 Å². The molecule has 0 aromatic carbocycles. The lowest BCUT2D eigenvalue weighted by atomic mass is 9.73. The standard InChI is InChI=1S/C11H17N3O/c1-2-8-3-9(4-8)11(15)13-6-10-5-12-7-14-10/h5,7-9H,2-4,6H2,1H3,(H,12,14)(H,13,15). The molecule has 0 atom stereocenters. The Kier molecular flexibility index (Phi) is 3.04. The van der Waals surface area contributed by atoms with Gasteiger partial charge in [0.25, 0.3) is 0 Å². The molecular formula is C11H17N3O. The van der Waals surface area contributed by atoms with Gasteiger partial charge in [-0.25, -0.2) is 4.98 Å². The summed E-state index contributed by atoms with van der Waals surface area (Å²) in [5, 5.41) is 2.91. The summed E-state index contributed by atoms with van der Waals surface area (Å²) in [4.78, 5) is 18.5. The van der Waals surface area contributed by atoms with Crippen LogP contribution in [0.3, 0.4) is 0 Å². The van der Waals surface area contributed by atoms with Crippen molar-refractivity contribution >= 4 is 5.91 Å². The summed E-state index contributed by atoms with van der Waals surface area (Å²) >= 11 is 0. The highest BCUT2D eigenvalue weighted by atomic mass is 16.1. The highest BCUT2D eigenvalue weighted by molar-refractivity contribution is 5.79. The first-order chi connectivity index (χ1) is 7.29. The number of aromatic nitrogens is 2. The van der Waals surface area contributed by atoms with Gasteiger partial charge in [0.2, 0.25) is 5.91 Å². The Morgan fingerprint density at radius 2 is 2.47 bits per heavy atom. The van der Waals surface area contributed by atoms with Crippen molar-refractivity contribution < 1.29 is 4.79 Å². The van der Waals surface area contributed by atoms with Crippen LogP contribution in [0.25, 0.3) is 0 Å². The maximum absolute atomic E-state index is 11.6. The van der Waals surface area contributed by atoms with Crippen molar-refractivity contribution in [2.45, 2.75) is 32.7 Å². The van der Waals surface area contributed by atoms with Crippen molar-refractivity contribution in [1.29, 1.82) is 0 Å². The summed E-state index contributed by atoms with van der Waals surface area (Å²) in [6.45, 7) is 2.72. The number of H-pyrrole nitrogens is 1. The molecule has 4 nitrogen and oxygen atoms in total. The first-order valence-corrected chi connectivity index (χ1v) is 5.55. The lowest BCUT2D eigenvalue weighted by molar-refractivity contribution is -0.129. The van der Waals surface area contributed by atoms with Gasteiger partial charge in [-0.2, -0.15) is 0 Å². The molecule has 4 heteroatoms. The zero-order valence-electron chi connectivity index (χ0n) is 8.99. The van der Waals surface area contributed by atoms with Crippen LogP contribution in [0, 0.1) is 11.8 Å². The lowest BCUT2D eigenvalue weighted by Gasteiger charge is -2.33. The van der Waals surface area contributed by atoms with Crippen LogP contribution in [0.4, 0.5) is 0 Å². The zero-order chi connectivity index (χ0) is 10.7. The Labute approximate surface area is 89.5 Å². The van der Waals surface area contributed by atoms with E-state index in [-0.39, 0.29) is 11.8 Å². The minimum Gasteiger partial charge on any atom is -0.351 e. The molecule has 0 unspecified atom stereocenters. The number of amides is 1. The molecule has 82 valence electrons. The second-order valence-corrected chi connectivity index (χ2v) is 4.22. The van der Waals surface area contributed by atoms with E-state index < -0.39 is 0 Å². The molecule has 15 heavy (non-hydrogen) atoms. The molecule has 0 radical (unpaired) electrons. The molecule has 1 aromatic heterocycles. The van der Waals surface area contributed by atoms with E-state index in [1.165, 1.54) is 6.42 Å². The first-order valence-electron chi connectivity index (χ1n) is 5.55. The summed E-state index contributed by atoms with van der Waals surface area (Å²) < 4.78 is 0. The van der Waals surface area contributed by atoms with Gasteiger partial charge in [0.1, 0.15) is 0 Å². The highest BCUT2D eigenvalue weighted by Gasteiger charge is 2.32. The minimum absolute atomic E-state index is 0.183. The number of rotatable bonds is 4. The molecule has 1 amide bonds. The first kappa shape index (κ1) is 10.2. The fourth-order valence-electron chi connectivity index (χ4n) is 1.99. The molecule has 2 N–H and O–H groups in total. The van der Waals surface area contributed by atoms with E-state index >= 15 is 0 Å². The molecule has 0 bridgehead atoms. The van der Waals surface area contributed by atoms with Gasteiger partial charge < -0.3 is 10.3 Å². The van der Waals surface area contributed by atoms with Crippen LogP contribution in [0.1, 0.15) is 31.9 Å². The molecule has 1 saturated carbocycles. The second-order valence-electron chi connectivity index (χ2n) is 4.22. The predicted molar refractivity (Wildman–Crippen MR) is 56.9 cm³/mol. The number of nitrogens with zero attached hydrogens (tertiary/aromatic N) is 1. The van der Waals surface area contributed by atoms with Gasteiger partial charge in [0.05, 0.1) is 18.6 Å². The predicted octanol–water partition coefficient (Wildman–Crippen LogP) is 1.46. The third-order valence-corrected chi connectivity index (χ3v) is 3.18. The lowest BCUT2D eigenvalue weighted by Crippen LogP contribution is -2.38. The summed E-state index contributed by atoms with van der Waals surface area (Å²) in [6, 6.07) is 0. The van der Waals surface area contributed by atoms with E-state index in [0.29, 0.717) is 6.54 Å². The van der Waals surface area contributed by atoms with Gasteiger partial charge in [-0.15, -0.1) is 0 Å². The summed E-state index contributed by atoms with van der Waals surface area (Å²) in [5.74, 6) is 1.20. The highest BCUT2D eigenvalue weighted by Crippen LogP contribution is 2.35. The van der Waals surface area contributed by atoms with Crippen LogP contribution >= 0.6 is 0 Å². The molecule has 0 spiro atoms. The molecule has 2 rings (SSSR count). The van der Waals surface area contributed by atoms with Crippen molar-refractivity contribution in [1.82, 2.24) is 15.3 Å². The molecule has 1 aliphatic carbocycles. The quantitative estimate of drug-likeness (QED) is 0.785. The number of carbonyl (C=O) groups is 1. The van der Waals surface area contributed by atoms with Crippen LogP contribution in [0.5, 0.6) is 0 Å². The zero-order valence-corrected chi connectivity index (χ0v) is 8.99. The molecular weight excluding hydrogens is 190 g/mol. The number of carbonyl (C=O) groups excluding carboxylic acids is 1. The van der Waals surface area contributed by atoms with Gasteiger partial charge >= 0.3 is 0 Å². The van der Waals surface area contributed by atoms with Gasteiger partial charge in [0, 0.05) is 12.1 Å². The van der Waals surface area contributed by atoms with E-state index in [4.69, 9.17) is 0 Å². The molecule has 1 aromatic rings. The average molecular weight is 207 g/mol. The summed E-state index contributed by atoms with van der Waals surface area (Å²) in [7, 11) is 0. The maximum atomic E-state index is 11.6. The molecule has 0 aliphatic heterocycles. The van der Waals surface area contributed by atoms with Crippen molar-refractivity contribution in [2.75, 3.05) is 0 Å². The fraction of sp³-hybridized carbons (Fsp3) is 0.636. The second kappa shape index (κ2) is 4.47. The van der Waals surface area contributed by atoms with Crippen molar-refractivity contribution in [3.8, 4) is 0 Å². The van der Waals surface area contributed by atoms with Crippen LogP contribution < -0.4 is 5.32 Å².